The van der Waals surface area contributed by atoms with E-state index in [0.29, 0.717) is 22.3 Å². The van der Waals surface area contributed by atoms with Crippen molar-refractivity contribution in [1.82, 2.24) is 0 Å². The van der Waals surface area contributed by atoms with Gasteiger partial charge in [0.25, 0.3) is 0 Å². The van der Waals surface area contributed by atoms with Crippen molar-refractivity contribution in [3.05, 3.63) is 23.1 Å². The van der Waals surface area contributed by atoms with Crippen LogP contribution in [0.4, 0.5) is 0 Å². The molecule has 1 heterocycles. The van der Waals surface area contributed by atoms with Crippen LogP contribution in [-0.2, 0) is 0 Å². The van der Waals surface area contributed by atoms with Crippen molar-refractivity contribution >= 4 is 27.7 Å². The predicted octanol–water partition coefficient (Wildman–Crippen LogP) is 2.43. The average molecular weight is 208 g/mol. The van der Waals surface area contributed by atoms with Gasteiger partial charge in [-0.15, -0.1) is 11.3 Å². The van der Waals surface area contributed by atoms with Gasteiger partial charge in [0.1, 0.15) is 16.4 Å². The van der Waals surface area contributed by atoms with E-state index in [9.17, 15) is 9.90 Å². The van der Waals surface area contributed by atoms with E-state index in [-0.39, 0.29) is 5.75 Å². The normalized spacial score (nSPS) is 10.4. The molecule has 4 heteroatoms. The van der Waals surface area contributed by atoms with Gasteiger partial charge >= 0.3 is 0 Å². The van der Waals surface area contributed by atoms with Crippen LogP contribution in [0, 0.1) is 0 Å². The van der Waals surface area contributed by atoms with Crippen LogP contribution in [0.2, 0.25) is 0 Å². The van der Waals surface area contributed by atoms with Crippen molar-refractivity contribution in [3.8, 4) is 11.5 Å². The molecule has 72 valence electrons. The standard InChI is InChI=1S/C10H8O3S/c1-13-6-3-2-4-7-9(6)10(12)8(5-11)14-7/h2-5,12H,1H3. The maximum Gasteiger partial charge on any atom is 0.163 e. The predicted molar refractivity (Wildman–Crippen MR) is 55.4 cm³/mol. The zero-order chi connectivity index (χ0) is 10.1. The van der Waals surface area contributed by atoms with Crippen LogP contribution in [0.3, 0.4) is 0 Å². The summed E-state index contributed by atoms with van der Waals surface area (Å²) in [6, 6.07) is 5.42. The molecule has 0 aliphatic carbocycles. The zero-order valence-electron chi connectivity index (χ0n) is 7.48. The highest BCUT2D eigenvalue weighted by Gasteiger charge is 2.13. The first-order chi connectivity index (χ1) is 6.77. The van der Waals surface area contributed by atoms with E-state index in [1.165, 1.54) is 18.4 Å². The van der Waals surface area contributed by atoms with Crippen LogP contribution in [0.5, 0.6) is 11.5 Å². The highest BCUT2D eigenvalue weighted by molar-refractivity contribution is 7.21. The second kappa shape index (κ2) is 3.31. The number of hydrogen-bond acceptors (Lipinski definition) is 4. The first-order valence-electron chi connectivity index (χ1n) is 4.01. The van der Waals surface area contributed by atoms with Crippen molar-refractivity contribution in [2.24, 2.45) is 0 Å². The molecule has 0 saturated heterocycles. The summed E-state index contributed by atoms with van der Waals surface area (Å²) >= 11 is 1.26. The van der Waals surface area contributed by atoms with Crippen molar-refractivity contribution in [2.75, 3.05) is 7.11 Å². The fourth-order valence-electron chi connectivity index (χ4n) is 1.37. The summed E-state index contributed by atoms with van der Waals surface area (Å²) in [5, 5.41) is 10.3. The number of methoxy groups -OCH3 is 1. The quantitative estimate of drug-likeness (QED) is 0.771. The first-order valence-corrected chi connectivity index (χ1v) is 4.83. The highest BCUT2D eigenvalue weighted by atomic mass is 32.1. The second-order valence-corrected chi connectivity index (χ2v) is 3.85. The molecule has 1 aromatic carbocycles. The molecule has 14 heavy (non-hydrogen) atoms. The maximum atomic E-state index is 10.6. The molecule has 3 nitrogen and oxygen atoms in total. The van der Waals surface area contributed by atoms with Crippen LogP contribution in [-0.4, -0.2) is 18.5 Å². The molecular formula is C10H8O3S. The Bertz CT molecular complexity index is 487. The fourth-order valence-corrected chi connectivity index (χ4v) is 2.30. The van der Waals surface area contributed by atoms with E-state index in [0.717, 1.165) is 4.70 Å². The Morgan fingerprint density at radius 2 is 2.29 bits per heavy atom. The van der Waals surface area contributed by atoms with E-state index in [1.54, 1.807) is 6.07 Å². The summed E-state index contributed by atoms with van der Waals surface area (Å²) in [5.74, 6) is 0.599. The molecule has 1 N–H and O–H groups in total. The third-order valence-corrected chi connectivity index (χ3v) is 3.07. The van der Waals surface area contributed by atoms with Gasteiger partial charge in [-0.2, -0.15) is 0 Å². The van der Waals surface area contributed by atoms with Crippen molar-refractivity contribution in [2.45, 2.75) is 0 Å². The number of hydrogen-bond donors (Lipinski definition) is 1. The molecule has 0 aliphatic rings. The van der Waals surface area contributed by atoms with Gasteiger partial charge in [-0.1, -0.05) is 6.07 Å². The lowest BCUT2D eigenvalue weighted by molar-refractivity contribution is 0.112. The molecule has 0 amide bonds. The van der Waals surface area contributed by atoms with Crippen LogP contribution >= 0.6 is 11.3 Å². The molecule has 0 radical (unpaired) electrons. The second-order valence-electron chi connectivity index (χ2n) is 2.77. The number of thiophene rings is 1. The summed E-state index contributed by atoms with van der Waals surface area (Å²) in [4.78, 5) is 10.9. The summed E-state index contributed by atoms with van der Waals surface area (Å²) in [6.07, 6.45) is 0.652. The number of aromatic hydroxyl groups is 1. The molecule has 0 aliphatic heterocycles. The van der Waals surface area contributed by atoms with Crippen LogP contribution in [0.15, 0.2) is 18.2 Å². The van der Waals surface area contributed by atoms with Gasteiger partial charge in [-0.05, 0) is 12.1 Å². The van der Waals surface area contributed by atoms with E-state index in [1.807, 2.05) is 12.1 Å². The molecular weight excluding hydrogens is 200 g/mol. The van der Waals surface area contributed by atoms with Crippen LogP contribution in [0.25, 0.3) is 10.1 Å². The SMILES string of the molecule is COc1cccc2sc(C=O)c(O)c12. The number of carbonyl (C=O) groups is 1. The Morgan fingerprint density at radius 3 is 2.93 bits per heavy atom. The molecule has 1 aromatic heterocycles. The van der Waals surface area contributed by atoms with Crippen molar-refractivity contribution in [3.63, 3.8) is 0 Å². The molecule has 2 aromatic rings. The number of fused-ring (bicyclic) bond motifs is 1. The van der Waals surface area contributed by atoms with Gasteiger partial charge in [-0.3, -0.25) is 4.79 Å². The van der Waals surface area contributed by atoms with Gasteiger partial charge in [-0.25, -0.2) is 0 Å². The van der Waals surface area contributed by atoms with Crippen LogP contribution in [0.1, 0.15) is 9.67 Å². The lowest BCUT2D eigenvalue weighted by Crippen LogP contribution is -1.82. The van der Waals surface area contributed by atoms with Crippen molar-refractivity contribution in [1.29, 1.82) is 0 Å². The number of carbonyl (C=O) groups excluding carboxylic acids is 1. The number of ether oxygens (including phenoxy) is 1. The molecule has 0 unspecified atom stereocenters. The smallest absolute Gasteiger partial charge is 0.163 e. The minimum absolute atomic E-state index is 0.0115. The third-order valence-electron chi connectivity index (χ3n) is 2.01. The van der Waals surface area contributed by atoms with Gasteiger partial charge in [0, 0.05) is 4.70 Å². The fraction of sp³-hybridized carbons (Fsp3) is 0.100. The largest absolute Gasteiger partial charge is 0.506 e. The lowest BCUT2D eigenvalue weighted by Gasteiger charge is -2.00. The summed E-state index contributed by atoms with van der Waals surface area (Å²) < 4.78 is 5.95. The average Bonchev–Trinajstić information content (AvgIpc) is 2.55. The number of rotatable bonds is 2. The van der Waals surface area contributed by atoms with Crippen molar-refractivity contribution < 1.29 is 14.6 Å². The Morgan fingerprint density at radius 1 is 1.50 bits per heavy atom. The van der Waals surface area contributed by atoms with E-state index >= 15 is 0 Å². The molecule has 2 rings (SSSR count). The molecule has 0 fully saturated rings. The topological polar surface area (TPSA) is 46.5 Å². The molecule has 0 atom stereocenters. The van der Waals surface area contributed by atoms with Gasteiger partial charge in [0.2, 0.25) is 0 Å². The van der Waals surface area contributed by atoms with E-state index in [4.69, 9.17) is 4.74 Å². The van der Waals surface area contributed by atoms with E-state index in [2.05, 4.69) is 0 Å². The maximum absolute atomic E-state index is 10.6. The Hall–Kier alpha value is -1.55. The highest BCUT2D eigenvalue weighted by Crippen LogP contribution is 2.40. The third kappa shape index (κ3) is 1.15. The van der Waals surface area contributed by atoms with Gasteiger partial charge in [0.15, 0.2) is 6.29 Å². The number of benzene rings is 1. The number of aldehydes is 1. The van der Waals surface area contributed by atoms with Gasteiger partial charge < -0.3 is 9.84 Å². The summed E-state index contributed by atoms with van der Waals surface area (Å²) in [5.41, 5.74) is 0. The molecule has 0 bridgehead atoms. The monoisotopic (exact) mass is 208 g/mol. The Kier molecular flexibility index (Phi) is 2.13. The Labute approximate surface area is 84.6 Å². The summed E-state index contributed by atoms with van der Waals surface area (Å²) in [7, 11) is 1.53. The lowest BCUT2D eigenvalue weighted by atomic mass is 10.2. The molecule has 0 spiro atoms. The molecule has 0 saturated carbocycles. The first kappa shape index (κ1) is 9.02. The van der Waals surface area contributed by atoms with Crippen LogP contribution < -0.4 is 4.74 Å². The van der Waals surface area contributed by atoms with E-state index < -0.39 is 0 Å². The zero-order valence-corrected chi connectivity index (χ0v) is 8.30. The van der Waals surface area contributed by atoms with Gasteiger partial charge in [0.05, 0.1) is 12.5 Å². The summed E-state index contributed by atoms with van der Waals surface area (Å²) in [6.45, 7) is 0. The minimum Gasteiger partial charge on any atom is -0.506 e. The Balaban J connectivity index is 2.85. The minimum atomic E-state index is 0.0115.